The molecule has 1 atom stereocenters. The average molecular weight is 314 g/mol. The molecule has 1 unspecified atom stereocenters. The second kappa shape index (κ2) is 6.44. The van der Waals surface area contributed by atoms with E-state index in [1.807, 2.05) is 19.1 Å². The van der Waals surface area contributed by atoms with Crippen molar-refractivity contribution in [2.45, 2.75) is 19.5 Å². The Kier molecular flexibility index (Phi) is 4.86. The molecule has 0 aliphatic carbocycles. The minimum Gasteiger partial charge on any atom is -0.508 e. The zero-order valence-electron chi connectivity index (χ0n) is 10.8. The van der Waals surface area contributed by atoms with Crippen LogP contribution < -0.4 is 5.32 Å². The maximum absolute atomic E-state index is 13.5. The number of rotatable bonds is 4. The summed E-state index contributed by atoms with van der Waals surface area (Å²) in [6.45, 7) is 2.43. The Morgan fingerprint density at radius 2 is 1.80 bits per heavy atom. The van der Waals surface area contributed by atoms with E-state index in [1.54, 1.807) is 12.1 Å². The summed E-state index contributed by atoms with van der Waals surface area (Å²) in [5, 5.41) is 12.9. The van der Waals surface area contributed by atoms with E-state index in [0.29, 0.717) is 17.1 Å². The van der Waals surface area contributed by atoms with Crippen molar-refractivity contribution in [2.75, 3.05) is 0 Å². The Balaban J connectivity index is 2.11. The van der Waals surface area contributed by atoms with Gasteiger partial charge in [0.05, 0.1) is 5.02 Å². The molecule has 2 aromatic rings. The summed E-state index contributed by atoms with van der Waals surface area (Å²) in [6.07, 6.45) is 0. The van der Waals surface area contributed by atoms with Crippen LogP contribution in [0.2, 0.25) is 10.0 Å². The Morgan fingerprint density at radius 1 is 1.15 bits per heavy atom. The number of nitrogens with one attached hydrogen (secondary N) is 1. The van der Waals surface area contributed by atoms with Crippen LogP contribution in [0.5, 0.6) is 5.75 Å². The average Bonchev–Trinajstić information content (AvgIpc) is 2.43. The maximum atomic E-state index is 13.5. The smallest absolute Gasteiger partial charge is 0.142 e. The number of hydrogen-bond donors (Lipinski definition) is 2. The van der Waals surface area contributed by atoms with Gasteiger partial charge in [0.15, 0.2) is 0 Å². The van der Waals surface area contributed by atoms with Crippen molar-refractivity contribution in [1.82, 2.24) is 5.32 Å². The van der Waals surface area contributed by atoms with Gasteiger partial charge in [-0.05, 0) is 36.8 Å². The van der Waals surface area contributed by atoms with Gasteiger partial charge in [-0.15, -0.1) is 0 Å². The second-order valence-electron chi connectivity index (χ2n) is 4.53. The molecule has 2 N–H and O–H groups in total. The third-order valence-electron chi connectivity index (χ3n) is 3.06. The highest BCUT2D eigenvalue weighted by Gasteiger charge is 2.16. The van der Waals surface area contributed by atoms with Crippen molar-refractivity contribution in [1.29, 1.82) is 0 Å². The highest BCUT2D eigenvalue weighted by molar-refractivity contribution is 6.36. The fourth-order valence-electron chi connectivity index (χ4n) is 1.93. The Hall–Kier alpha value is -1.29. The van der Waals surface area contributed by atoms with Crippen LogP contribution in [-0.4, -0.2) is 5.11 Å². The van der Waals surface area contributed by atoms with E-state index in [2.05, 4.69) is 5.32 Å². The summed E-state index contributed by atoms with van der Waals surface area (Å²) in [4.78, 5) is 0. The summed E-state index contributed by atoms with van der Waals surface area (Å²) in [7, 11) is 0. The van der Waals surface area contributed by atoms with Gasteiger partial charge in [-0.25, -0.2) is 4.39 Å². The zero-order valence-corrected chi connectivity index (χ0v) is 12.3. The molecular weight excluding hydrogens is 300 g/mol. The van der Waals surface area contributed by atoms with Crippen molar-refractivity contribution in [3.8, 4) is 5.75 Å². The predicted molar refractivity (Wildman–Crippen MR) is 79.8 cm³/mol. The molecule has 5 heteroatoms. The summed E-state index contributed by atoms with van der Waals surface area (Å²) in [6, 6.07) is 9.40. The maximum Gasteiger partial charge on any atom is 0.142 e. The highest BCUT2D eigenvalue weighted by atomic mass is 35.5. The fourth-order valence-corrected chi connectivity index (χ4v) is 2.62. The van der Waals surface area contributed by atoms with E-state index >= 15 is 0 Å². The largest absolute Gasteiger partial charge is 0.508 e. The lowest BCUT2D eigenvalue weighted by molar-refractivity contribution is 0.474. The van der Waals surface area contributed by atoms with E-state index in [4.69, 9.17) is 23.2 Å². The SMILES string of the molecule is CC(NCc1ccc(O)cc1)c1c(Cl)ccc(F)c1Cl. The summed E-state index contributed by atoms with van der Waals surface area (Å²) >= 11 is 12.0. The highest BCUT2D eigenvalue weighted by Crippen LogP contribution is 2.32. The summed E-state index contributed by atoms with van der Waals surface area (Å²) in [5.41, 5.74) is 1.55. The molecule has 0 fully saturated rings. The van der Waals surface area contributed by atoms with Gasteiger partial charge in [0.1, 0.15) is 11.6 Å². The standard InChI is InChI=1S/C15H14Cl2FNO/c1-9(14-12(16)6-7-13(18)15(14)17)19-8-10-2-4-11(20)5-3-10/h2-7,9,19-20H,8H2,1H3. The van der Waals surface area contributed by atoms with Crippen LogP contribution in [0, 0.1) is 5.82 Å². The van der Waals surface area contributed by atoms with Crippen LogP contribution in [0.4, 0.5) is 4.39 Å². The zero-order chi connectivity index (χ0) is 14.7. The molecule has 2 nitrogen and oxygen atoms in total. The van der Waals surface area contributed by atoms with Crippen LogP contribution in [0.25, 0.3) is 0 Å². The quantitative estimate of drug-likeness (QED) is 0.803. The van der Waals surface area contributed by atoms with Crippen LogP contribution in [0.1, 0.15) is 24.1 Å². The van der Waals surface area contributed by atoms with Gasteiger partial charge >= 0.3 is 0 Å². The summed E-state index contributed by atoms with van der Waals surface area (Å²) < 4.78 is 13.5. The monoisotopic (exact) mass is 313 g/mol. The van der Waals surface area contributed by atoms with E-state index in [1.165, 1.54) is 12.1 Å². The molecule has 0 aliphatic rings. The Bertz CT molecular complexity index is 602. The molecule has 0 saturated carbocycles. The van der Waals surface area contributed by atoms with Gasteiger partial charge < -0.3 is 10.4 Å². The van der Waals surface area contributed by atoms with Gasteiger partial charge in [0.2, 0.25) is 0 Å². The lowest BCUT2D eigenvalue weighted by Gasteiger charge is -2.17. The molecule has 0 saturated heterocycles. The van der Waals surface area contributed by atoms with Gasteiger partial charge in [-0.3, -0.25) is 0 Å². The van der Waals surface area contributed by atoms with Crippen LogP contribution in [0.3, 0.4) is 0 Å². The molecule has 106 valence electrons. The molecule has 0 aliphatic heterocycles. The van der Waals surface area contributed by atoms with Crippen molar-refractivity contribution in [2.24, 2.45) is 0 Å². The first-order valence-corrected chi connectivity index (χ1v) is 6.89. The molecule has 0 radical (unpaired) electrons. The number of phenols is 1. The van der Waals surface area contributed by atoms with E-state index in [0.717, 1.165) is 5.56 Å². The predicted octanol–water partition coefficient (Wildman–Crippen LogP) is 4.69. The number of hydrogen-bond acceptors (Lipinski definition) is 2. The second-order valence-corrected chi connectivity index (χ2v) is 5.31. The van der Waals surface area contributed by atoms with Gasteiger partial charge in [-0.1, -0.05) is 35.3 Å². The van der Waals surface area contributed by atoms with Crippen LogP contribution in [0.15, 0.2) is 36.4 Å². The van der Waals surface area contributed by atoms with Crippen LogP contribution >= 0.6 is 23.2 Å². The molecule has 2 aromatic carbocycles. The molecular formula is C15H14Cl2FNO. The van der Waals surface area contributed by atoms with E-state index < -0.39 is 5.82 Å². The van der Waals surface area contributed by atoms with Crippen molar-refractivity contribution in [3.05, 3.63) is 63.4 Å². The van der Waals surface area contributed by atoms with E-state index in [-0.39, 0.29) is 16.8 Å². The topological polar surface area (TPSA) is 32.3 Å². The minimum absolute atomic E-state index is 0.0446. The molecule has 0 amide bonds. The molecule has 0 bridgehead atoms. The third-order valence-corrected chi connectivity index (χ3v) is 3.77. The van der Waals surface area contributed by atoms with Gasteiger partial charge in [-0.2, -0.15) is 0 Å². The number of phenolic OH excluding ortho intramolecular Hbond substituents is 1. The first kappa shape index (κ1) is 15.1. The molecule has 20 heavy (non-hydrogen) atoms. The summed E-state index contributed by atoms with van der Waals surface area (Å²) in [5.74, 6) is -0.262. The molecule has 0 aromatic heterocycles. The Morgan fingerprint density at radius 3 is 2.45 bits per heavy atom. The van der Waals surface area contributed by atoms with Crippen molar-refractivity contribution in [3.63, 3.8) is 0 Å². The van der Waals surface area contributed by atoms with E-state index in [9.17, 15) is 9.50 Å². The molecule has 0 spiro atoms. The fraction of sp³-hybridized carbons (Fsp3) is 0.200. The number of benzene rings is 2. The normalized spacial score (nSPS) is 12.4. The first-order chi connectivity index (χ1) is 9.49. The lowest BCUT2D eigenvalue weighted by Crippen LogP contribution is -2.19. The van der Waals surface area contributed by atoms with Crippen LogP contribution in [-0.2, 0) is 6.54 Å². The minimum atomic E-state index is -0.482. The molecule has 0 heterocycles. The lowest BCUT2D eigenvalue weighted by atomic mass is 10.1. The van der Waals surface area contributed by atoms with Crippen molar-refractivity contribution < 1.29 is 9.50 Å². The number of halogens is 3. The van der Waals surface area contributed by atoms with Crippen molar-refractivity contribution >= 4 is 23.2 Å². The number of aromatic hydroxyl groups is 1. The van der Waals surface area contributed by atoms with Gasteiger partial charge in [0, 0.05) is 23.2 Å². The molecule has 2 rings (SSSR count). The Labute approximate surface area is 127 Å². The van der Waals surface area contributed by atoms with Gasteiger partial charge in [0.25, 0.3) is 0 Å². The third kappa shape index (κ3) is 3.42. The first-order valence-electron chi connectivity index (χ1n) is 6.13.